The Morgan fingerprint density at radius 2 is 2.08 bits per heavy atom. The van der Waals surface area contributed by atoms with Crippen molar-refractivity contribution in [2.75, 3.05) is 13.7 Å². The van der Waals surface area contributed by atoms with Gasteiger partial charge in [0.15, 0.2) is 10.8 Å². The molecule has 1 saturated carbocycles. The van der Waals surface area contributed by atoms with E-state index in [0.29, 0.717) is 12.4 Å². The summed E-state index contributed by atoms with van der Waals surface area (Å²) >= 11 is 0. The second-order valence-electron chi connectivity index (χ2n) is 6.41. The number of nitriles is 2. The molecule has 2 fully saturated rings. The summed E-state index contributed by atoms with van der Waals surface area (Å²) in [6.07, 6.45) is -0.205. The third-order valence-electron chi connectivity index (χ3n) is 5.34. The van der Waals surface area contributed by atoms with E-state index in [9.17, 15) is 10.5 Å². The molecular weight excluding hydrogens is 308 g/mol. The average molecular weight is 325 g/mol. The summed E-state index contributed by atoms with van der Waals surface area (Å²) in [4.78, 5) is 2.94. The molecule has 7 nitrogen and oxygen atoms in total. The zero-order chi connectivity index (χ0) is 17.2. The molecule has 122 valence electrons. The van der Waals surface area contributed by atoms with Gasteiger partial charge in [0, 0.05) is 5.56 Å². The Morgan fingerprint density at radius 1 is 1.33 bits per heavy atom. The number of fused-ring (bicyclic) bond motifs is 2. The van der Waals surface area contributed by atoms with E-state index in [4.69, 9.17) is 19.9 Å². The van der Waals surface area contributed by atoms with E-state index < -0.39 is 22.7 Å². The fourth-order valence-electron chi connectivity index (χ4n) is 4.34. The molecule has 2 heterocycles. The summed E-state index contributed by atoms with van der Waals surface area (Å²) in [7, 11) is 1.56. The van der Waals surface area contributed by atoms with Crippen molar-refractivity contribution in [1.29, 1.82) is 10.5 Å². The smallest absolute Gasteiger partial charge is 0.343 e. The quantitative estimate of drug-likeness (QED) is 0.747. The Bertz CT molecular complexity index is 841. The van der Waals surface area contributed by atoms with E-state index in [1.54, 1.807) is 13.2 Å². The molecule has 4 rings (SSSR count). The van der Waals surface area contributed by atoms with Gasteiger partial charge in [0.2, 0.25) is 0 Å². The van der Waals surface area contributed by atoms with E-state index in [-0.39, 0.29) is 11.9 Å². The maximum Gasteiger partial charge on any atom is 0.343 e. The number of amidine groups is 1. The highest BCUT2D eigenvalue weighted by molar-refractivity contribution is 5.95. The molecule has 1 aromatic rings. The largest absolute Gasteiger partial charge is 0.496 e. The number of hydrogen-bond donors (Lipinski definition) is 2. The van der Waals surface area contributed by atoms with Crippen LogP contribution in [0.5, 0.6) is 5.75 Å². The van der Waals surface area contributed by atoms with Crippen LogP contribution in [-0.2, 0) is 9.47 Å². The third kappa shape index (κ3) is 1.32. The Balaban J connectivity index is 1.94. The normalized spacial score (nSPS) is 42.1. The lowest BCUT2D eigenvalue weighted by molar-refractivity contribution is -0.677. The summed E-state index contributed by atoms with van der Waals surface area (Å²) in [5.74, 6) is -1.10. The number of nitrogens with one attached hydrogen (secondary N) is 1. The zero-order valence-electron chi connectivity index (χ0n) is 13.4. The number of nitrogens with two attached hydrogens (primary N) is 1. The number of rotatable bonds is 2. The van der Waals surface area contributed by atoms with Crippen molar-refractivity contribution in [3.05, 3.63) is 29.8 Å². The van der Waals surface area contributed by atoms with Gasteiger partial charge in [-0.1, -0.05) is 18.2 Å². The molecule has 3 aliphatic rings. The topological polar surface area (TPSA) is 115 Å². The van der Waals surface area contributed by atoms with Crippen LogP contribution in [0.1, 0.15) is 18.4 Å². The van der Waals surface area contributed by atoms with Gasteiger partial charge in [-0.05, 0) is 13.0 Å². The standard InChI is InChI=1S/C17H16N4O3/c1-10-7-23-17(24-10)16(9-19)13(15(16,8-18)14(20)21-17)11-5-3-4-6-12(11)22-2/h3-6,10,13H,7H2,1-2H3,(H2,20,21)/p+1/t10-,13+,15+,16+,17-/m0/s1. The fraction of sp³-hybridized carbons (Fsp3) is 0.471. The lowest BCUT2D eigenvalue weighted by atomic mass is 9.93. The van der Waals surface area contributed by atoms with Crippen LogP contribution in [0.15, 0.2) is 24.3 Å². The van der Waals surface area contributed by atoms with Crippen molar-refractivity contribution in [2.24, 2.45) is 16.6 Å². The van der Waals surface area contributed by atoms with Crippen LogP contribution in [0.4, 0.5) is 0 Å². The molecule has 0 amide bonds. The van der Waals surface area contributed by atoms with Crippen LogP contribution in [0.25, 0.3) is 0 Å². The summed E-state index contributed by atoms with van der Waals surface area (Å²) in [6.45, 7) is 2.18. The summed E-state index contributed by atoms with van der Waals surface area (Å²) in [5, 5.41) is 20.0. The molecule has 0 bridgehead atoms. The van der Waals surface area contributed by atoms with E-state index in [2.05, 4.69) is 17.1 Å². The van der Waals surface area contributed by atoms with Crippen molar-refractivity contribution < 1.29 is 19.2 Å². The Hall–Kier alpha value is -2.61. The summed E-state index contributed by atoms with van der Waals surface area (Å²) in [5.41, 5.74) is 4.44. The van der Waals surface area contributed by atoms with Gasteiger partial charge in [0.25, 0.3) is 5.84 Å². The molecule has 24 heavy (non-hydrogen) atoms. The molecule has 0 radical (unpaired) electrons. The van der Waals surface area contributed by atoms with Crippen LogP contribution in [0, 0.1) is 33.5 Å². The lowest BCUT2D eigenvalue weighted by Gasteiger charge is -2.24. The van der Waals surface area contributed by atoms with Crippen LogP contribution < -0.4 is 15.5 Å². The van der Waals surface area contributed by atoms with E-state index in [0.717, 1.165) is 5.56 Å². The highest BCUT2D eigenvalue weighted by Crippen LogP contribution is 2.79. The predicted octanol–water partition coefficient (Wildman–Crippen LogP) is -0.647. The Kier molecular flexibility index (Phi) is 2.79. The first kappa shape index (κ1) is 14.9. The molecule has 1 saturated heterocycles. The first-order chi connectivity index (χ1) is 11.5. The van der Waals surface area contributed by atoms with Gasteiger partial charge in [0.05, 0.1) is 37.9 Å². The number of para-hydroxylation sites is 1. The van der Waals surface area contributed by atoms with Gasteiger partial charge in [-0.25, -0.2) is 4.99 Å². The molecule has 1 spiro atoms. The van der Waals surface area contributed by atoms with Crippen LogP contribution in [0.2, 0.25) is 0 Å². The first-order valence-corrected chi connectivity index (χ1v) is 7.71. The molecule has 1 aromatic carbocycles. The van der Waals surface area contributed by atoms with Crippen LogP contribution in [0.3, 0.4) is 0 Å². The lowest BCUT2D eigenvalue weighted by Crippen LogP contribution is -2.90. The first-order valence-electron chi connectivity index (χ1n) is 7.71. The molecule has 5 atom stereocenters. The minimum atomic E-state index is -1.41. The second kappa shape index (κ2) is 4.47. The number of ether oxygens (including phenoxy) is 3. The van der Waals surface area contributed by atoms with Crippen LogP contribution in [-0.4, -0.2) is 31.6 Å². The maximum atomic E-state index is 10.1. The molecule has 0 unspecified atom stereocenters. The van der Waals surface area contributed by atoms with Gasteiger partial charge in [-0.3, -0.25) is 5.73 Å². The number of methoxy groups -OCH3 is 1. The SMILES string of the molecule is COc1ccccc1[C@H]1[C@@]2(C#N)[C@]3([NH+]=C(N)[C@@]12C#N)OC[C@H](C)O3. The van der Waals surface area contributed by atoms with Crippen molar-refractivity contribution in [3.63, 3.8) is 0 Å². The van der Waals surface area contributed by atoms with Crippen molar-refractivity contribution >= 4 is 5.84 Å². The van der Waals surface area contributed by atoms with E-state index >= 15 is 0 Å². The summed E-state index contributed by atoms with van der Waals surface area (Å²) < 4.78 is 17.2. The van der Waals surface area contributed by atoms with Gasteiger partial charge in [-0.2, -0.15) is 10.5 Å². The van der Waals surface area contributed by atoms with Crippen LogP contribution >= 0.6 is 0 Å². The highest BCUT2D eigenvalue weighted by atomic mass is 16.8. The average Bonchev–Trinajstić information content (AvgIpc) is 2.98. The number of nitrogens with zero attached hydrogens (tertiary/aromatic N) is 2. The molecule has 3 N–H and O–H groups in total. The highest BCUT2D eigenvalue weighted by Gasteiger charge is 2.98. The maximum absolute atomic E-state index is 10.1. The van der Waals surface area contributed by atoms with Crippen molar-refractivity contribution in [1.82, 2.24) is 0 Å². The van der Waals surface area contributed by atoms with Gasteiger partial charge >= 0.3 is 5.91 Å². The molecular formula is C17H17N4O3+. The fourth-order valence-corrected chi connectivity index (χ4v) is 4.34. The monoisotopic (exact) mass is 325 g/mol. The minimum absolute atomic E-state index is 0.205. The third-order valence-corrected chi connectivity index (χ3v) is 5.34. The molecule has 7 heteroatoms. The molecule has 2 aliphatic heterocycles. The molecule has 1 aliphatic carbocycles. The van der Waals surface area contributed by atoms with E-state index in [1.165, 1.54) is 0 Å². The number of benzene rings is 1. The predicted molar refractivity (Wildman–Crippen MR) is 81.2 cm³/mol. The minimum Gasteiger partial charge on any atom is -0.496 e. The Labute approximate surface area is 139 Å². The zero-order valence-corrected chi connectivity index (χ0v) is 13.4. The van der Waals surface area contributed by atoms with Crippen molar-refractivity contribution in [2.45, 2.75) is 24.9 Å². The van der Waals surface area contributed by atoms with Gasteiger partial charge in [-0.15, -0.1) is 0 Å². The summed E-state index contributed by atoms with van der Waals surface area (Å²) in [6, 6.07) is 11.9. The van der Waals surface area contributed by atoms with Gasteiger partial charge in [0.1, 0.15) is 5.75 Å². The second-order valence-corrected chi connectivity index (χ2v) is 6.41. The molecule has 0 aromatic heterocycles. The number of hydrogen-bond acceptors (Lipinski definition) is 6. The Morgan fingerprint density at radius 3 is 2.67 bits per heavy atom. The van der Waals surface area contributed by atoms with Gasteiger partial charge < -0.3 is 14.2 Å². The van der Waals surface area contributed by atoms with E-state index in [1.807, 2.05) is 25.1 Å². The van der Waals surface area contributed by atoms with Crippen molar-refractivity contribution in [3.8, 4) is 17.9 Å².